The summed E-state index contributed by atoms with van der Waals surface area (Å²) >= 11 is 1.18. The second kappa shape index (κ2) is 11.7. The Hall–Kier alpha value is -4.04. The fourth-order valence-corrected chi connectivity index (χ4v) is 4.07. The summed E-state index contributed by atoms with van der Waals surface area (Å²) < 4.78 is 5.20. The molecule has 0 bridgehead atoms. The molecule has 3 rings (SSSR count). The van der Waals surface area contributed by atoms with Crippen LogP contribution in [0.25, 0.3) is 11.1 Å². The number of amides is 3. The van der Waals surface area contributed by atoms with E-state index in [2.05, 4.69) is 10.6 Å². The Bertz CT molecular complexity index is 1210. The van der Waals surface area contributed by atoms with Crippen LogP contribution in [-0.4, -0.2) is 30.3 Å². The fourth-order valence-electron chi connectivity index (χ4n) is 3.11. The van der Waals surface area contributed by atoms with Crippen molar-refractivity contribution in [1.29, 1.82) is 0 Å². The van der Waals surface area contributed by atoms with Crippen LogP contribution in [0.4, 0.5) is 5.00 Å². The second-order valence-corrected chi connectivity index (χ2v) is 8.52. The predicted molar refractivity (Wildman–Crippen MR) is 131 cm³/mol. The van der Waals surface area contributed by atoms with Crippen LogP contribution in [0.5, 0.6) is 0 Å². The molecule has 34 heavy (non-hydrogen) atoms. The first kappa shape index (κ1) is 24.6. The maximum atomic E-state index is 13.0. The molecule has 8 heteroatoms. The maximum Gasteiger partial charge on any atom is 0.342 e. The molecule has 0 radical (unpaired) electrons. The molecule has 0 saturated carbocycles. The molecule has 2 aromatic carbocycles. The average molecular weight is 477 g/mol. The zero-order chi connectivity index (χ0) is 24.5. The maximum absolute atomic E-state index is 13.0. The van der Waals surface area contributed by atoms with E-state index in [4.69, 9.17) is 4.74 Å². The van der Waals surface area contributed by atoms with Gasteiger partial charge >= 0.3 is 5.97 Å². The van der Waals surface area contributed by atoms with Gasteiger partial charge in [0, 0.05) is 17.0 Å². The quantitative estimate of drug-likeness (QED) is 0.372. The third-order valence-electron chi connectivity index (χ3n) is 4.56. The van der Waals surface area contributed by atoms with Crippen LogP contribution in [0, 0.1) is 0 Å². The van der Waals surface area contributed by atoms with Crippen molar-refractivity contribution in [3.63, 3.8) is 0 Å². The molecule has 0 aliphatic carbocycles. The lowest BCUT2D eigenvalue weighted by molar-refractivity contribution is -0.132. The zero-order valence-electron chi connectivity index (χ0n) is 18.8. The Morgan fingerprint density at radius 2 is 1.56 bits per heavy atom. The van der Waals surface area contributed by atoms with Gasteiger partial charge in [-0.15, -0.1) is 11.3 Å². The van der Waals surface area contributed by atoms with E-state index in [9.17, 15) is 19.2 Å². The molecule has 3 aromatic rings. The van der Waals surface area contributed by atoms with Crippen molar-refractivity contribution in [3.05, 3.63) is 88.8 Å². The van der Waals surface area contributed by atoms with E-state index in [0.29, 0.717) is 10.6 Å². The molecule has 7 nitrogen and oxygen atoms in total. The molecule has 0 aliphatic heterocycles. The van der Waals surface area contributed by atoms with Crippen LogP contribution in [0.2, 0.25) is 0 Å². The number of ether oxygens (including phenoxy) is 1. The first-order chi connectivity index (χ1) is 16.3. The van der Waals surface area contributed by atoms with E-state index < -0.39 is 24.4 Å². The predicted octanol–water partition coefficient (Wildman–Crippen LogP) is 4.36. The number of benzene rings is 2. The number of imide groups is 1. The van der Waals surface area contributed by atoms with Crippen molar-refractivity contribution in [2.75, 3.05) is 11.9 Å². The third kappa shape index (κ3) is 6.98. The highest BCUT2D eigenvalue weighted by molar-refractivity contribution is 7.15. The molecule has 0 atom stereocenters. The third-order valence-corrected chi connectivity index (χ3v) is 5.45. The number of esters is 1. The summed E-state index contributed by atoms with van der Waals surface area (Å²) in [5, 5.41) is 6.98. The van der Waals surface area contributed by atoms with Gasteiger partial charge in [-0.3, -0.25) is 19.7 Å². The first-order valence-corrected chi connectivity index (χ1v) is 11.4. The number of carbonyl (C=O) groups excluding carboxylic acids is 4. The number of allylic oxidation sites excluding steroid dienone is 1. The summed E-state index contributed by atoms with van der Waals surface area (Å²) in [5.41, 5.74) is 3.04. The van der Waals surface area contributed by atoms with Crippen molar-refractivity contribution in [2.45, 2.75) is 20.3 Å². The second-order valence-electron chi connectivity index (χ2n) is 7.64. The van der Waals surface area contributed by atoms with Crippen LogP contribution in [0.1, 0.15) is 29.8 Å². The van der Waals surface area contributed by atoms with Gasteiger partial charge in [0.1, 0.15) is 10.6 Å². The molecule has 0 fully saturated rings. The lowest BCUT2D eigenvalue weighted by Gasteiger charge is -2.09. The molecule has 174 valence electrons. The Labute approximate surface area is 201 Å². The molecule has 1 heterocycles. The Kier molecular flexibility index (Phi) is 8.48. The molecular weight excluding hydrogens is 452 g/mol. The molecule has 0 spiro atoms. The van der Waals surface area contributed by atoms with E-state index in [1.54, 1.807) is 43.5 Å². The van der Waals surface area contributed by atoms with Gasteiger partial charge in [0.15, 0.2) is 6.61 Å². The number of hydrogen-bond acceptors (Lipinski definition) is 6. The van der Waals surface area contributed by atoms with Crippen molar-refractivity contribution < 1.29 is 23.9 Å². The topological polar surface area (TPSA) is 102 Å². The summed E-state index contributed by atoms with van der Waals surface area (Å²) in [6.07, 6.45) is 1.45. The molecule has 1 aromatic heterocycles. The minimum atomic E-state index is -0.779. The van der Waals surface area contributed by atoms with Crippen molar-refractivity contribution in [1.82, 2.24) is 5.32 Å². The SMILES string of the molecule is CC(C)=CC(=O)Nc1scc(-c2ccccc2)c1C(=O)OCC(=O)NC(=O)Cc1ccccc1. The summed E-state index contributed by atoms with van der Waals surface area (Å²) in [6, 6.07) is 18.1. The summed E-state index contributed by atoms with van der Waals surface area (Å²) in [5.74, 6) is -2.39. The lowest BCUT2D eigenvalue weighted by atomic mass is 10.0. The minimum absolute atomic E-state index is 0.0315. The molecule has 0 aliphatic rings. The monoisotopic (exact) mass is 476 g/mol. The lowest BCUT2D eigenvalue weighted by Crippen LogP contribution is -2.35. The normalized spacial score (nSPS) is 10.2. The van der Waals surface area contributed by atoms with Crippen LogP contribution in [0.15, 0.2) is 77.7 Å². The summed E-state index contributed by atoms with van der Waals surface area (Å²) in [6.45, 7) is 2.94. The molecule has 3 amide bonds. The van der Waals surface area contributed by atoms with Gasteiger partial charge in [0.25, 0.3) is 5.91 Å². The number of carbonyl (C=O) groups is 4. The highest BCUT2D eigenvalue weighted by atomic mass is 32.1. The van der Waals surface area contributed by atoms with Crippen LogP contribution in [0.3, 0.4) is 0 Å². The number of thiophene rings is 1. The summed E-state index contributed by atoms with van der Waals surface area (Å²) in [4.78, 5) is 49.5. The largest absolute Gasteiger partial charge is 0.452 e. The van der Waals surface area contributed by atoms with E-state index in [-0.39, 0.29) is 17.9 Å². The average Bonchev–Trinajstić information content (AvgIpc) is 3.21. The van der Waals surface area contributed by atoms with Crippen molar-refractivity contribution >= 4 is 40.0 Å². The van der Waals surface area contributed by atoms with Crippen LogP contribution in [-0.2, 0) is 25.5 Å². The standard InChI is InChI=1S/C26H24N2O5S/c1-17(2)13-21(29)28-25-24(20(16-34-25)19-11-7-4-8-12-19)26(32)33-15-23(31)27-22(30)14-18-9-5-3-6-10-18/h3-13,16H,14-15H2,1-2H3,(H,28,29)(H,27,30,31). The van der Waals surface area contributed by atoms with Gasteiger partial charge in [0.2, 0.25) is 11.8 Å². The molecule has 0 unspecified atom stereocenters. The van der Waals surface area contributed by atoms with Crippen molar-refractivity contribution in [2.24, 2.45) is 0 Å². The van der Waals surface area contributed by atoms with E-state index in [1.807, 2.05) is 36.4 Å². The number of nitrogens with one attached hydrogen (secondary N) is 2. The molecule has 2 N–H and O–H groups in total. The number of rotatable bonds is 8. The van der Waals surface area contributed by atoms with Gasteiger partial charge in [-0.2, -0.15) is 0 Å². The molecule has 0 saturated heterocycles. The minimum Gasteiger partial charge on any atom is -0.452 e. The molecular formula is C26H24N2O5S. The van der Waals surface area contributed by atoms with Crippen molar-refractivity contribution in [3.8, 4) is 11.1 Å². The van der Waals surface area contributed by atoms with Gasteiger partial charge in [-0.05, 0) is 25.0 Å². The number of hydrogen-bond donors (Lipinski definition) is 2. The fraction of sp³-hybridized carbons (Fsp3) is 0.154. The zero-order valence-corrected chi connectivity index (χ0v) is 19.6. The van der Waals surface area contributed by atoms with Gasteiger partial charge < -0.3 is 10.1 Å². The smallest absolute Gasteiger partial charge is 0.342 e. The van der Waals surface area contributed by atoms with E-state index in [1.165, 1.54) is 17.4 Å². The van der Waals surface area contributed by atoms with Gasteiger partial charge in [-0.1, -0.05) is 66.2 Å². The Balaban J connectivity index is 1.71. The highest BCUT2D eigenvalue weighted by Gasteiger charge is 2.23. The first-order valence-electron chi connectivity index (χ1n) is 10.5. The highest BCUT2D eigenvalue weighted by Crippen LogP contribution is 2.36. The summed E-state index contributed by atoms with van der Waals surface area (Å²) in [7, 11) is 0. The van der Waals surface area contributed by atoms with Gasteiger partial charge in [-0.25, -0.2) is 4.79 Å². The Morgan fingerprint density at radius 1 is 0.912 bits per heavy atom. The van der Waals surface area contributed by atoms with Gasteiger partial charge in [0.05, 0.1) is 6.42 Å². The number of anilines is 1. The van der Waals surface area contributed by atoms with Crippen LogP contribution >= 0.6 is 11.3 Å². The van der Waals surface area contributed by atoms with E-state index >= 15 is 0 Å². The Morgan fingerprint density at radius 3 is 2.21 bits per heavy atom. The van der Waals surface area contributed by atoms with Crippen LogP contribution < -0.4 is 10.6 Å². The van der Waals surface area contributed by atoms with E-state index in [0.717, 1.165) is 16.7 Å².